The molecule has 2 aromatic heterocycles. The zero-order valence-electron chi connectivity index (χ0n) is 8.55. The third-order valence-electron chi connectivity index (χ3n) is 2.00. The molecule has 88 valence electrons. The van der Waals surface area contributed by atoms with Gasteiger partial charge in [-0.1, -0.05) is 23.2 Å². The van der Waals surface area contributed by atoms with Crippen molar-refractivity contribution in [3.63, 3.8) is 0 Å². The maximum Gasteiger partial charge on any atom is 0.358 e. The molecule has 0 aromatic carbocycles. The van der Waals surface area contributed by atoms with E-state index in [2.05, 4.69) is 15.2 Å². The number of halogens is 2. The number of carboxylic acids is 1. The summed E-state index contributed by atoms with van der Waals surface area (Å²) in [5, 5.41) is 17.0. The van der Waals surface area contributed by atoms with Crippen LogP contribution in [0, 0.1) is 6.92 Å². The largest absolute Gasteiger partial charge is 0.476 e. The molecule has 2 rings (SSSR count). The first-order chi connectivity index (χ1) is 7.99. The molecule has 0 aliphatic carbocycles. The number of pyridine rings is 1. The first kappa shape index (κ1) is 11.8. The summed E-state index contributed by atoms with van der Waals surface area (Å²) >= 11 is 11.5. The molecule has 2 aromatic rings. The molecule has 0 aliphatic rings. The van der Waals surface area contributed by atoms with Crippen LogP contribution in [0.25, 0.3) is 5.69 Å². The first-order valence-electron chi connectivity index (χ1n) is 4.48. The summed E-state index contributed by atoms with van der Waals surface area (Å²) in [6.07, 6.45) is 0. The van der Waals surface area contributed by atoms with Crippen LogP contribution >= 0.6 is 23.2 Å². The molecule has 0 fully saturated rings. The van der Waals surface area contributed by atoms with Gasteiger partial charge in [-0.15, -0.1) is 9.90 Å². The Bertz CT molecular complexity index is 597. The quantitative estimate of drug-likeness (QED) is 0.846. The lowest BCUT2D eigenvalue weighted by atomic mass is 10.4. The minimum Gasteiger partial charge on any atom is -0.476 e. The molecule has 0 spiro atoms. The van der Waals surface area contributed by atoms with E-state index in [-0.39, 0.29) is 16.0 Å². The molecule has 0 bridgehead atoms. The SMILES string of the molecule is Cc1nn(-c2ccc(Cl)nc2Cl)nc1C(=O)O. The van der Waals surface area contributed by atoms with Gasteiger partial charge in [0.1, 0.15) is 10.8 Å². The predicted octanol–water partition coefficient (Wildman–Crippen LogP) is 1.98. The van der Waals surface area contributed by atoms with Crippen molar-refractivity contribution in [2.75, 3.05) is 0 Å². The van der Waals surface area contributed by atoms with Crippen LogP contribution in [0.3, 0.4) is 0 Å². The van der Waals surface area contributed by atoms with Crippen LogP contribution < -0.4 is 0 Å². The highest BCUT2D eigenvalue weighted by Crippen LogP contribution is 2.19. The third-order valence-corrected chi connectivity index (χ3v) is 2.48. The fourth-order valence-corrected chi connectivity index (χ4v) is 1.66. The van der Waals surface area contributed by atoms with Crippen molar-refractivity contribution >= 4 is 29.2 Å². The van der Waals surface area contributed by atoms with Crippen molar-refractivity contribution in [1.29, 1.82) is 0 Å². The lowest BCUT2D eigenvalue weighted by Gasteiger charge is -2.01. The van der Waals surface area contributed by atoms with Gasteiger partial charge >= 0.3 is 5.97 Å². The topological polar surface area (TPSA) is 80.9 Å². The van der Waals surface area contributed by atoms with Crippen LogP contribution in [-0.2, 0) is 0 Å². The molecule has 0 atom stereocenters. The zero-order chi connectivity index (χ0) is 12.6. The number of aromatic carboxylic acids is 1. The lowest BCUT2D eigenvalue weighted by Crippen LogP contribution is -2.03. The number of carbonyl (C=O) groups is 1. The number of carboxylic acid groups (broad SMARTS) is 1. The summed E-state index contributed by atoms with van der Waals surface area (Å²) in [5.41, 5.74) is 0.534. The molecule has 1 N–H and O–H groups in total. The lowest BCUT2D eigenvalue weighted by molar-refractivity contribution is 0.0689. The number of hydrogen-bond acceptors (Lipinski definition) is 4. The Labute approximate surface area is 106 Å². The number of hydrogen-bond donors (Lipinski definition) is 1. The smallest absolute Gasteiger partial charge is 0.358 e. The highest BCUT2D eigenvalue weighted by Gasteiger charge is 2.16. The van der Waals surface area contributed by atoms with Crippen molar-refractivity contribution < 1.29 is 9.90 Å². The Morgan fingerprint density at radius 2 is 2.06 bits per heavy atom. The maximum absolute atomic E-state index is 10.8. The monoisotopic (exact) mass is 272 g/mol. The molecular formula is C9H6Cl2N4O2. The van der Waals surface area contributed by atoms with Gasteiger partial charge in [0.05, 0.1) is 5.69 Å². The second kappa shape index (κ2) is 4.31. The Hall–Kier alpha value is -1.66. The van der Waals surface area contributed by atoms with Gasteiger partial charge in [-0.25, -0.2) is 9.78 Å². The molecule has 17 heavy (non-hydrogen) atoms. The summed E-state index contributed by atoms with van der Waals surface area (Å²) in [5.74, 6) is -1.15. The molecule has 0 radical (unpaired) electrons. The van der Waals surface area contributed by atoms with E-state index in [0.29, 0.717) is 11.4 Å². The number of rotatable bonds is 2. The average Bonchev–Trinajstić information content (AvgIpc) is 2.60. The minimum absolute atomic E-state index is 0.101. The molecule has 0 amide bonds. The van der Waals surface area contributed by atoms with Crippen LogP contribution in [0.15, 0.2) is 12.1 Å². The van der Waals surface area contributed by atoms with Gasteiger partial charge in [-0.2, -0.15) is 5.10 Å². The van der Waals surface area contributed by atoms with Crippen molar-refractivity contribution in [2.45, 2.75) is 6.92 Å². The number of aryl methyl sites for hydroxylation is 1. The molecule has 0 aliphatic heterocycles. The van der Waals surface area contributed by atoms with E-state index in [9.17, 15) is 4.79 Å². The van der Waals surface area contributed by atoms with E-state index in [0.717, 1.165) is 4.80 Å². The van der Waals surface area contributed by atoms with Crippen molar-refractivity contribution in [3.05, 3.63) is 33.8 Å². The first-order valence-corrected chi connectivity index (χ1v) is 5.24. The van der Waals surface area contributed by atoms with Crippen LogP contribution in [0.5, 0.6) is 0 Å². The molecule has 0 unspecified atom stereocenters. The standard InChI is InChI=1S/C9H6Cl2N4O2/c1-4-7(9(16)17)14-15(13-4)5-2-3-6(10)12-8(5)11/h2-3H,1H3,(H,16,17). The van der Waals surface area contributed by atoms with Gasteiger partial charge in [-0.05, 0) is 19.1 Å². The van der Waals surface area contributed by atoms with Gasteiger partial charge in [0, 0.05) is 0 Å². The minimum atomic E-state index is -1.15. The highest BCUT2D eigenvalue weighted by atomic mass is 35.5. The fraction of sp³-hybridized carbons (Fsp3) is 0.111. The Morgan fingerprint density at radius 1 is 1.35 bits per heavy atom. The second-order valence-corrected chi connectivity index (χ2v) is 3.92. The van der Waals surface area contributed by atoms with Gasteiger partial charge in [-0.3, -0.25) is 0 Å². The molecule has 6 nitrogen and oxygen atoms in total. The van der Waals surface area contributed by atoms with Gasteiger partial charge < -0.3 is 5.11 Å². The van der Waals surface area contributed by atoms with E-state index in [1.807, 2.05) is 0 Å². The van der Waals surface area contributed by atoms with Gasteiger partial charge in [0.15, 0.2) is 10.8 Å². The van der Waals surface area contributed by atoms with Crippen molar-refractivity contribution in [2.24, 2.45) is 0 Å². The average molecular weight is 273 g/mol. The summed E-state index contributed by atoms with van der Waals surface area (Å²) in [6, 6.07) is 3.07. The van der Waals surface area contributed by atoms with Crippen LogP contribution in [-0.4, -0.2) is 31.1 Å². The van der Waals surface area contributed by atoms with E-state index < -0.39 is 5.97 Å². The molecule has 2 heterocycles. The van der Waals surface area contributed by atoms with Crippen LogP contribution in [0.2, 0.25) is 10.3 Å². The molecule has 0 saturated carbocycles. The van der Waals surface area contributed by atoms with Gasteiger partial charge in [0.25, 0.3) is 0 Å². The summed E-state index contributed by atoms with van der Waals surface area (Å²) in [7, 11) is 0. The van der Waals surface area contributed by atoms with E-state index in [1.165, 1.54) is 6.07 Å². The molecule has 0 saturated heterocycles. The van der Waals surface area contributed by atoms with E-state index in [1.54, 1.807) is 13.0 Å². The highest BCUT2D eigenvalue weighted by molar-refractivity contribution is 6.33. The van der Waals surface area contributed by atoms with Crippen molar-refractivity contribution in [1.82, 2.24) is 20.0 Å². The second-order valence-electron chi connectivity index (χ2n) is 3.17. The van der Waals surface area contributed by atoms with Crippen molar-refractivity contribution in [3.8, 4) is 5.69 Å². The summed E-state index contributed by atoms with van der Waals surface area (Å²) in [4.78, 5) is 15.8. The Balaban J connectivity index is 2.53. The van der Waals surface area contributed by atoms with E-state index >= 15 is 0 Å². The molecule has 8 heteroatoms. The Morgan fingerprint density at radius 3 is 2.59 bits per heavy atom. The normalized spacial score (nSPS) is 10.5. The predicted molar refractivity (Wildman–Crippen MR) is 60.9 cm³/mol. The third kappa shape index (κ3) is 2.22. The number of aromatic nitrogens is 4. The molecular weight excluding hydrogens is 267 g/mol. The number of nitrogens with zero attached hydrogens (tertiary/aromatic N) is 4. The van der Waals surface area contributed by atoms with Gasteiger partial charge in [0.2, 0.25) is 0 Å². The summed E-state index contributed by atoms with van der Waals surface area (Å²) in [6.45, 7) is 1.55. The maximum atomic E-state index is 10.8. The zero-order valence-corrected chi connectivity index (χ0v) is 10.1. The van der Waals surface area contributed by atoms with E-state index in [4.69, 9.17) is 28.3 Å². The fourth-order valence-electron chi connectivity index (χ4n) is 1.24. The van der Waals surface area contributed by atoms with Crippen LogP contribution in [0.1, 0.15) is 16.2 Å². The Kier molecular flexibility index (Phi) is 2.99. The van der Waals surface area contributed by atoms with Crippen LogP contribution in [0.4, 0.5) is 0 Å². The summed E-state index contributed by atoms with van der Waals surface area (Å²) < 4.78 is 0.